The summed E-state index contributed by atoms with van der Waals surface area (Å²) in [5.74, 6) is 0. The minimum atomic E-state index is 0. The highest BCUT2D eigenvalue weighted by Gasteiger charge is 2.34. The monoisotopic (exact) mass is 321 g/mol. The summed E-state index contributed by atoms with van der Waals surface area (Å²) < 4.78 is 0. The lowest BCUT2D eigenvalue weighted by Gasteiger charge is -2.38. The largest absolute Gasteiger partial charge is 0.412 e. The molecule has 1 unspecified atom stereocenters. The first-order valence-electron chi connectivity index (χ1n) is 9.52. The highest BCUT2D eigenvalue weighted by molar-refractivity contribution is 5.27. The molecule has 0 bridgehead atoms. The van der Waals surface area contributed by atoms with Crippen LogP contribution in [0.2, 0.25) is 0 Å². The second-order valence-corrected chi connectivity index (χ2v) is 6.75. The Kier molecular flexibility index (Phi) is 12.1. The average molecular weight is 322 g/mol. The van der Waals surface area contributed by atoms with Crippen LogP contribution < -0.4 is 5.73 Å². The number of rotatable bonds is 12. The third-order valence-electron chi connectivity index (χ3n) is 5.44. The normalized spacial score (nSPS) is 12.7. The summed E-state index contributed by atoms with van der Waals surface area (Å²) in [6.45, 7) is 6.86. The molecule has 0 fully saturated rings. The number of hydrogen-bond donors (Lipinski definition) is 1. The van der Waals surface area contributed by atoms with Crippen LogP contribution in [0.4, 0.5) is 0 Å². The summed E-state index contributed by atoms with van der Waals surface area (Å²) in [6, 6.07) is 11.2. The molecule has 0 saturated heterocycles. The zero-order valence-corrected chi connectivity index (χ0v) is 15.6. The third-order valence-corrected chi connectivity index (χ3v) is 5.44. The van der Waals surface area contributed by atoms with Crippen LogP contribution in [0, 0.1) is 0 Å². The molecule has 0 radical (unpaired) electrons. The Morgan fingerprint density at radius 1 is 0.826 bits per heavy atom. The first-order chi connectivity index (χ1) is 10.7. The van der Waals surface area contributed by atoms with E-state index in [-0.39, 0.29) is 16.9 Å². The molecule has 23 heavy (non-hydrogen) atoms. The van der Waals surface area contributed by atoms with Gasteiger partial charge in [-0.1, -0.05) is 96.0 Å². The maximum atomic E-state index is 6.67. The van der Waals surface area contributed by atoms with Crippen LogP contribution in [-0.4, -0.2) is 11.5 Å². The van der Waals surface area contributed by atoms with Crippen molar-refractivity contribution >= 4 is 0 Å². The number of benzene rings is 1. The fraction of sp³-hybridized carbons (Fsp3) is 0.714. The number of unbranched alkanes of at least 4 members (excludes halogenated alkanes) is 6. The van der Waals surface area contributed by atoms with Gasteiger partial charge >= 0.3 is 0 Å². The molecule has 0 heterocycles. The second kappa shape index (κ2) is 12.5. The SMILES string of the molecule is CCCCCCCCCC(N)C(CC)(CC)c1ccccc1.O. The van der Waals surface area contributed by atoms with Crippen LogP contribution in [0.5, 0.6) is 0 Å². The molecule has 0 amide bonds. The average Bonchev–Trinajstić information content (AvgIpc) is 2.57. The van der Waals surface area contributed by atoms with Gasteiger partial charge in [0.2, 0.25) is 0 Å². The van der Waals surface area contributed by atoms with Gasteiger partial charge in [0.1, 0.15) is 0 Å². The minimum absolute atomic E-state index is 0. The Morgan fingerprint density at radius 2 is 1.35 bits per heavy atom. The van der Waals surface area contributed by atoms with Gasteiger partial charge in [-0.3, -0.25) is 0 Å². The van der Waals surface area contributed by atoms with E-state index >= 15 is 0 Å². The lowest BCUT2D eigenvalue weighted by molar-refractivity contribution is 0.297. The van der Waals surface area contributed by atoms with Crippen LogP contribution in [-0.2, 0) is 5.41 Å². The predicted molar refractivity (Wildman–Crippen MR) is 103 cm³/mol. The first kappa shape index (κ1) is 22.1. The van der Waals surface area contributed by atoms with E-state index in [0.29, 0.717) is 0 Å². The van der Waals surface area contributed by atoms with Crippen LogP contribution in [0.15, 0.2) is 30.3 Å². The van der Waals surface area contributed by atoms with Crippen molar-refractivity contribution in [1.29, 1.82) is 0 Å². The topological polar surface area (TPSA) is 57.5 Å². The fourth-order valence-corrected chi connectivity index (χ4v) is 3.76. The number of hydrogen-bond acceptors (Lipinski definition) is 1. The standard InChI is InChI=1S/C21H37N.H2O/c1-4-7-8-9-10-11-15-18-20(22)21(5-2,6-3)19-16-13-12-14-17-19;/h12-14,16-17,20H,4-11,15,18,22H2,1-3H3;1H2. The minimum Gasteiger partial charge on any atom is -0.412 e. The van der Waals surface area contributed by atoms with Crippen molar-refractivity contribution in [2.24, 2.45) is 5.73 Å². The van der Waals surface area contributed by atoms with Gasteiger partial charge in [0, 0.05) is 11.5 Å². The van der Waals surface area contributed by atoms with Gasteiger partial charge < -0.3 is 11.2 Å². The highest BCUT2D eigenvalue weighted by Crippen LogP contribution is 2.36. The summed E-state index contributed by atoms with van der Waals surface area (Å²) in [4.78, 5) is 0. The van der Waals surface area contributed by atoms with E-state index in [9.17, 15) is 0 Å². The van der Waals surface area contributed by atoms with E-state index in [1.165, 1.54) is 50.5 Å². The molecule has 1 aromatic carbocycles. The Balaban J connectivity index is 0.00000484. The molecule has 0 aliphatic carbocycles. The van der Waals surface area contributed by atoms with Gasteiger partial charge in [-0.15, -0.1) is 0 Å². The third kappa shape index (κ3) is 6.64. The van der Waals surface area contributed by atoms with E-state index in [1.807, 2.05) is 0 Å². The smallest absolute Gasteiger partial charge is 0.0136 e. The lowest BCUT2D eigenvalue weighted by atomic mass is 9.69. The van der Waals surface area contributed by atoms with Crippen LogP contribution in [0.25, 0.3) is 0 Å². The van der Waals surface area contributed by atoms with Gasteiger partial charge in [-0.25, -0.2) is 0 Å². The van der Waals surface area contributed by atoms with E-state index in [1.54, 1.807) is 0 Å². The van der Waals surface area contributed by atoms with E-state index in [2.05, 4.69) is 51.1 Å². The van der Waals surface area contributed by atoms with E-state index in [4.69, 9.17) is 5.73 Å². The summed E-state index contributed by atoms with van der Waals surface area (Å²) in [6.07, 6.45) is 12.9. The Morgan fingerprint density at radius 3 is 1.87 bits per heavy atom. The molecule has 0 aliphatic rings. The summed E-state index contributed by atoms with van der Waals surface area (Å²) >= 11 is 0. The van der Waals surface area contributed by atoms with Crippen molar-refractivity contribution in [3.05, 3.63) is 35.9 Å². The van der Waals surface area contributed by atoms with Crippen molar-refractivity contribution in [2.45, 2.75) is 96.4 Å². The summed E-state index contributed by atoms with van der Waals surface area (Å²) in [5, 5.41) is 0. The molecule has 0 aromatic heterocycles. The molecule has 134 valence electrons. The molecule has 4 N–H and O–H groups in total. The zero-order chi connectivity index (χ0) is 16.3. The van der Waals surface area contributed by atoms with Crippen LogP contribution in [0.1, 0.15) is 90.5 Å². The summed E-state index contributed by atoms with van der Waals surface area (Å²) in [7, 11) is 0. The Labute approximate surface area is 144 Å². The van der Waals surface area contributed by atoms with Gasteiger partial charge in [0.05, 0.1) is 0 Å². The van der Waals surface area contributed by atoms with Crippen molar-refractivity contribution in [2.75, 3.05) is 0 Å². The van der Waals surface area contributed by atoms with Crippen LogP contribution >= 0.6 is 0 Å². The molecule has 1 atom stereocenters. The Bertz CT molecular complexity index is 373. The lowest BCUT2D eigenvalue weighted by Crippen LogP contribution is -2.44. The van der Waals surface area contributed by atoms with Crippen molar-refractivity contribution in [1.82, 2.24) is 0 Å². The van der Waals surface area contributed by atoms with E-state index in [0.717, 1.165) is 19.3 Å². The highest BCUT2D eigenvalue weighted by atomic mass is 16.0. The number of nitrogens with two attached hydrogens (primary N) is 1. The summed E-state index contributed by atoms with van der Waals surface area (Å²) in [5.41, 5.74) is 8.25. The maximum absolute atomic E-state index is 6.67. The van der Waals surface area contributed by atoms with Gasteiger partial charge in [0.25, 0.3) is 0 Å². The first-order valence-corrected chi connectivity index (χ1v) is 9.52. The Hall–Kier alpha value is -0.860. The molecular weight excluding hydrogens is 282 g/mol. The van der Waals surface area contributed by atoms with Crippen LogP contribution in [0.3, 0.4) is 0 Å². The van der Waals surface area contributed by atoms with Gasteiger partial charge in [-0.05, 0) is 24.8 Å². The quantitative estimate of drug-likeness (QED) is 0.516. The molecule has 1 rings (SSSR count). The van der Waals surface area contributed by atoms with Gasteiger partial charge in [0.15, 0.2) is 0 Å². The molecule has 0 saturated carbocycles. The molecule has 2 heteroatoms. The second-order valence-electron chi connectivity index (χ2n) is 6.75. The zero-order valence-electron chi connectivity index (χ0n) is 15.6. The molecule has 2 nitrogen and oxygen atoms in total. The fourth-order valence-electron chi connectivity index (χ4n) is 3.76. The molecule has 0 aliphatic heterocycles. The molecule has 0 spiro atoms. The maximum Gasteiger partial charge on any atom is 0.0136 e. The molecular formula is C21H39NO. The van der Waals surface area contributed by atoms with Crippen molar-refractivity contribution < 1.29 is 5.48 Å². The molecule has 1 aromatic rings. The van der Waals surface area contributed by atoms with Crippen molar-refractivity contribution in [3.8, 4) is 0 Å². The van der Waals surface area contributed by atoms with Crippen molar-refractivity contribution in [3.63, 3.8) is 0 Å². The van der Waals surface area contributed by atoms with Gasteiger partial charge in [-0.2, -0.15) is 0 Å². The predicted octanol–water partition coefficient (Wildman–Crippen LogP) is 5.39. The van der Waals surface area contributed by atoms with E-state index < -0.39 is 0 Å².